The Hall–Kier alpha value is -1.48. The molecular formula is C15H19NO2. The van der Waals surface area contributed by atoms with E-state index in [2.05, 4.69) is 17.4 Å². The van der Waals surface area contributed by atoms with Crippen LogP contribution in [0, 0.1) is 5.92 Å². The van der Waals surface area contributed by atoms with Crippen molar-refractivity contribution in [1.29, 1.82) is 0 Å². The Labute approximate surface area is 107 Å². The third-order valence-electron chi connectivity index (χ3n) is 3.78. The molecule has 2 heterocycles. The second-order valence-corrected chi connectivity index (χ2v) is 5.03. The van der Waals surface area contributed by atoms with Gasteiger partial charge in [0.05, 0.1) is 13.4 Å². The van der Waals surface area contributed by atoms with Gasteiger partial charge in [0.1, 0.15) is 0 Å². The molecule has 1 fully saturated rings. The Kier molecular flexibility index (Phi) is 3.24. The highest BCUT2D eigenvalue weighted by Gasteiger charge is 2.15. The normalized spacial score (nSPS) is 17.2. The molecule has 96 valence electrons. The third-order valence-corrected chi connectivity index (χ3v) is 3.78. The van der Waals surface area contributed by atoms with Gasteiger partial charge in [-0.3, -0.25) is 0 Å². The van der Waals surface area contributed by atoms with Crippen LogP contribution in [0.4, 0.5) is 0 Å². The second-order valence-electron chi connectivity index (χ2n) is 5.03. The van der Waals surface area contributed by atoms with Crippen molar-refractivity contribution < 1.29 is 9.15 Å². The number of fused-ring (bicyclic) bond motifs is 1. The van der Waals surface area contributed by atoms with E-state index in [-0.39, 0.29) is 0 Å². The smallest absolute Gasteiger partial charge is 0.175 e. The number of methoxy groups -OCH3 is 1. The number of benzene rings is 1. The van der Waals surface area contributed by atoms with E-state index in [0.717, 1.165) is 42.1 Å². The summed E-state index contributed by atoms with van der Waals surface area (Å²) in [5.41, 5.74) is 2.21. The first-order valence-electron chi connectivity index (χ1n) is 6.61. The first-order valence-corrected chi connectivity index (χ1v) is 6.61. The zero-order valence-electron chi connectivity index (χ0n) is 10.7. The van der Waals surface area contributed by atoms with Crippen LogP contribution in [0.1, 0.15) is 18.4 Å². The van der Waals surface area contributed by atoms with Gasteiger partial charge in [-0.1, -0.05) is 0 Å². The van der Waals surface area contributed by atoms with Gasteiger partial charge >= 0.3 is 0 Å². The molecule has 0 saturated carbocycles. The molecule has 3 nitrogen and oxygen atoms in total. The van der Waals surface area contributed by atoms with Gasteiger partial charge in [-0.15, -0.1) is 0 Å². The lowest BCUT2D eigenvalue weighted by molar-refractivity contribution is 0.371. The molecule has 0 unspecified atom stereocenters. The lowest BCUT2D eigenvalue weighted by Gasteiger charge is -2.22. The summed E-state index contributed by atoms with van der Waals surface area (Å²) in [5, 5.41) is 4.55. The second kappa shape index (κ2) is 5.02. The van der Waals surface area contributed by atoms with Crippen LogP contribution >= 0.6 is 0 Å². The zero-order valence-corrected chi connectivity index (χ0v) is 10.7. The number of ether oxygens (including phenoxy) is 1. The number of nitrogens with one attached hydrogen (secondary N) is 1. The molecule has 0 radical (unpaired) electrons. The first-order chi connectivity index (χ1) is 8.86. The Bertz CT molecular complexity index is 526. The first kappa shape index (κ1) is 11.6. The molecule has 2 aromatic rings. The number of furan rings is 1. The van der Waals surface area contributed by atoms with E-state index in [1.165, 1.54) is 18.4 Å². The molecule has 1 aromatic heterocycles. The predicted molar refractivity (Wildman–Crippen MR) is 72.1 cm³/mol. The van der Waals surface area contributed by atoms with Gasteiger partial charge in [-0.25, -0.2) is 0 Å². The van der Waals surface area contributed by atoms with E-state index in [1.54, 1.807) is 13.4 Å². The Morgan fingerprint density at radius 2 is 2.17 bits per heavy atom. The summed E-state index contributed by atoms with van der Waals surface area (Å²) in [4.78, 5) is 0. The molecule has 0 aliphatic carbocycles. The van der Waals surface area contributed by atoms with Crippen LogP contribution in [0.2, 0.25) is 0 Å². The van der Waals surface area contributed by atoms with Gasteiger partial charge in [0.15, 0.2) is 11.3 Å². The van der Waals surface area contributed by atoms with E-state index in [9.17, 15) is 0 Å². The molecule has 0 atom stereocenters. The van der Waals surface area contributed by atoms with Crippen molar-refractivity contribution in [3.8, 4) is 5.75 Å². The van der Waals surface area contributed by atoms with E-state index in [0.29, 0.717) is 0 Å². The minimum Gasteiger partial charge on any atom is -0.493 e. The van der Waals surface area contributed by atoms with Crippen molar-refractivity contribution in [2.75, 3.05) is 20.2 Å². The van der Waals surface area contributed by atoms with Gasteiger partial charge < -0.3 is 14.5 Å². The van der Waals surface area contributed by atoms with Gasteiger partial charge in [0.2, 0.25) is 0 Å². The summed E-state index contributed by atoms with van der Waals surface area (Å²) >= 11 is 0. The molecular weight excluding hydrogens is 226 g/mol. The van der Waals surface area contributed by atoms with Crippen LogP contribution < -0.4 is 10.1 Å². The topological polar surface area (TPSA) is 34.4 Å². The van der Waals surface area contributed by atoms with Gasteiger partial charge in [-0.05, 0) is 62.0 Å². The molecule has 1 saturated heterocycles. The molecule has 0 bridgehead atoms. The Balaban J connectivity index is 1.86. The molecule has 1 aliphatic heterocycles. The summed E-state index contributed by atoms with van der Waals surface area (Å²) < 4.78 is 10.9. The fourth-order valence-corrected chi connectivity index (χ4v) is 2.80. The van der Waals surface area contributed by atoms with Crippen molar-refractivity contribution in [3.05, 3.63) is 30.0 Å². The molecule has 1 N–H and O–H groups in total. The van der Waals surface area contributed by atoms with Crippen LogP contribution in [-0.2, 0) is 6.42 Å². The van der Waals surface area contributed by atoms with Crippen molar-refractivity contribution in [2.45, 2.75) is 19.3 Å². The van der Waals surface area contributed by atoms with E-state index < -0.39 is 0 Å². The van der Waals surface area contributed by atoms with E-state index in [4.69, 9.17) is 9.15 Å². The lowest BCUT2D eigenvalue weighted by Crippen LogP contribution is -2.28. The highest BCUT2D eigenvalue weighted by Crippen LogP contribution is 2.30. The summed E-state index contributed by atoms with van der Waals surface area (Å²) in [5.74, 6) is 1.64. The number of hydrogen-bond acceptors (Lipinski definition) is 3. The average molecular weight is 245 g/mol. The molecule has 0 spiro atoms. The molecule has 3 heteroatoms. The number of hydrogen-bond donors (Lipinski definition) is 1. The van der Waals surface area contributed by atoms with Crippen LogP contribution in [0.5, 0.6) is 5.75 Å². The molecule has 1 aliphatic rings. The maximum Gasteiger partial charge on any atom is 0.175 e. The van der Waals surface area contributed by atoms with Crippen molar-refractivity contribution in [3.63, 3.8) is 0 Å². The minimum absolute atomic E-state index is 0.792. The summed E-state index contributed by atoms with van der Waals surface area (Å²) in [7, 11) is 1.70. The quantitative estimate of drug-likeness (QED) is 0.902. The Morgan fingerprint density at radius 1 is 1.33 bits per heavy atom. The summed E-state index contributed by atoms with van der Waals surface area (Å²) in [6.45, 7) is 2.30. The largest absolute Gasteiger partial charge is 0.493 e. The van der Waals surface area contributed by atoms with Crippen LogP contribution in [0.25, 0.3) is 11.0 Å². The SMILES string of the molecule is COc1cc(CC2CCNCC2)cc2ccoc12. The van der Waals surface area contributed by atoms with Crippen LogP contribution in [-0.4, -0.2) is 20.2 Å². The van der Waals surface area contributed by atoms with E-state index in [1.807, 2.05) is 6.07 Å². The minimum atomic E-state index is 0.792. The highest BCUT2D eigenvalue weighted by atomic mass is 16.5. The molecule has 0 amide bonds. The maximum atomic E-state index is 5.45. The fraction of sp³-hybridized carbons (Fsp3) is 0.467. The van der Waals surface area contributed by atoms with Crippen LogP contribution in [0.15, 0.2) is 28.9 Å². The standard InChI is InChI=1S/C15H19NO2/c1-17-14-10-12(8-11-2-5-16-6-3-11)9-13-4-7-18-15(13)14/h4,7,9-11,16H,2-3,5-6,8H2,1H3. The monoisotopic (exact) mass is 245 g/mol. The van der Waals surface area contributed by atoms with Crippen LogP contribution in [0.3, 0.4) is 0 Å². The van der Waals surface area contributed by atoms with Crippen molar-refractivity contribution in [1.82, 2.24) is 5.32 Å². The van der Waals surface area contributed by atoms with Crippen molar-refractivity contribution >= 4 is 11.0 Å². The third kappa shape index (κ3) is 2.23. The zero-order chi connectivity index (χ0) is 12.4. The van der Waals surface area contributed by atoms with E-state index >= 15 is 0 Å². The summed E-state index contributed by atoms with van der Waals surface area (Å²) in [6.07, 6.45) is 5.40. The average Bonchev–Trinajstić information content (AvgIpc) is 2.87. The predicted octanol–water partition coefficient (Wildman–Crippen LogP) is 2.98. The molecule has 3 rings (SSSR count). The van der Waals surface area contributed by atoms with Crippen molar-refractivity contribution in [2.24, 2.45) is 5.92 Å². The number of rotatable bonds is 3. The molecule has 18 heavy (non-hydrogen) atoms. The fourth-order valence-electron chi connectivity index (χ4n) is 2.80. The highest BCUT2D eigenvalue weighted by molar-refractivity contribution is 5.83. The number of piperidine rings is 1. The molecule has 1 aromatic carbocycles. The van der Waals surface area contributed by atoms with Gasteiger partial charge in [0, 0.05) is 5.39 Å². The Morgan fingerprint density at radius 3 is 2.94 bits per heavy atom. The van der Waals surface area contributed by atoms with Gasteiger partial charge in [-0.2, -0.15) is 0 Å². The lowest BCUT2D eigenvalue weighted by atomic mass is 9.90. The summed E-state index contributed by atoms with van der Waals surface area (Å²) in [6, 6.07) is 6.35. The van der Waals surface area contributed by atoms with Gasteiger partial charge in [0.25, 0.3) is 0 Å². The maximum absolute atomic E-state index is 5.45.